The molecule has 0 saturated heterocycles. The third-order valence-corrected chi connectivity index (χ3v) is 4.35. The zero-order valence-electron chi connectivity index (χ0n) is 13.4. The standard InChI is InChI=1S/C16H22N4O3/c1-10(2)12(18-13(21)11-6-5-9-22-11)14-19-15(20-23-14)16(17)7-3-4-8-16/h5-6,9-10,12H,3-4,7-8,17H2,1-2H3,(H,18,21). The van der Waals surface area contributed by atoms with Gasteiger partial charge in [-0.15, -0.1) is 0 Å². The van der Waals surface area contributed by atoms with Crippen molar-refractivity contribution in [1.82, 2.24) is 15.5 Å². The van der Waals surface area contributed by atoms with E-state index in [1.54, 1.807) is 12.1 Å². The summed E-state index contributed by atoms with van der Waals surface area (Å²) in [5.74, 6) is 0.937. The molecule has 1 aliphatic rings. The third kappa shape index (κ3) is 3.14. The first kappa shape index (κ1) is 15.7. The van der Waals surface area contributed by atoms with Crippen molar-refractivity contribution >= 4 is 5.91 Å². The Hall–Kier alpha value is -2.15. The number of furan rings is 1. The topological polar surface area (TPSA) is 107 Å². The van der Waals surface area contributed by atoms with Gasteiger partial charge in [0, 0.05) is 0 Å². The van der Waals surface area contributed by atoms with Crippen molar-refractivity contribution in [3.05, 3.63) is 35.9 Å². The van der Waals surface area contributed by atoms with Gasteiger partial charge in [-0.1, -0.05) is 31.8 Å². The van der Waals surface area contributed by atoms with Crippen LogP contribution < -0.4 is 11.1 Å². The molecule has 1 amide bonds. The molecule has 1 atom stereocenters. The molecule has 2 aromatic rings. The summed E-state index contributed by atoms with van der Waals surface area (Å²) < 4.78 is 10.5. The second kappa shape index (κ2) is 6.16. The van der Waals surface area contributed by atoms with Gasteiger partial charge >= 0.3 is 0 Å². The maximum atomic E-state index is 12.2. The number of hydrogen-bond acceptors (Lipinski definition) is 6. The molecular weight excluding hydrogens is 296 g/mol. The lowest BCUT2D eigenvalue weighted by atomic mass is 9.98. The van der Waals surface area contributed by atoms with Crippen molar-refractivity contribution < 1.29 is 13.7 Å². The van der Waals surface area contributed by atoms with Gasteiger partial charge in [-0.25, -0.2) is 0 Å². The fourth-order valence-electron chi connectivity index (χ4n) is 2.93. The monoisotopic (exact) mass is 318 g/mol. The van der Waals surface area contributed by atoms with Gasteiger partial charge in [0.05, 0.1) is 11.8 Å². The Labute approximate surface area is 134 Å². The molecule has 2 aromatic heterocycles. The lowest BCUT2D eigenvalue weighted by Crippen LogP contribution is -2.35. The molecular formula is C16H22N4O3. The van der Waals surface area contributed by atoms with Crippen molar-refractivity contribution in [3.8, 4) is 0 Å². The Bertz CT molecular complexity index is 657. The molecule has 0 bridgehead atoms. The molecule has 1 saturated carbocycles. The van der Waals surface area contributed by atoms with Crippen LogP contribution >= 0.6 is 0 Å². The Morgan fingerprint density at radius 3 is 2.74 bits per heavy atom. The summed E-state index contributed by atoms with van der Waals surface area (Å²) in [6.45, 7) is 3.95. The first-order chi connectivity index (χ1) is 11.0. The van der Waals surface area contributed by atoms with Crippen LogP contribution in [0.3, 0.4) is 0 Å². The summed E-state index contributed by atoms with van der Waals surface area (Å²) in [5, 5.41) is 6.94. The number of amides is 1. The lowest BCUT2D eigenvalue weighted by molar-refractivity contribution is 0.0885. The number of nitrogens with two attached hydrogens (primary N) is 1. The van der Waals surface area contributed by atoms with E-state index in [4.69, 9.17) is 14.7 Å². The van der Waals surface area contributed by atoms with E-state index in [2.05, 4.69) is 15.5 Å². The van der Waals surface area contributed by atoms with Crippen LogP contribution in [0.25, 0.3) is 0 Å². The highest BCUT2D eigenvalue weighted by Gasteiger charge is 2.37. The lowest BCUT2D eigenvalue weighted by Gasteiger charge is -2.19. The van der Waals surface area contributed by atoms with E-state index < -0.39 is 5.54 Å². The van der Waals surface area contributed by atoms with Gasteiger partial charge in [-0.3, -0.25) is 4.79 Å². The molecule has 3 rings (SSSR count). The summed E-state index contributed by atoms with van der Waals surface area (Å²) in [6, 6.07) is 2.89. The zero-order chi connectivity index (χ0) is 16.4. The minimum absolute atomic E-state index is 0.0829. The normalized spacial score (nSPS) is 18.3. The molecule has 23 heavy (non-hydrogen) atoms. The SMILES string of the molecule is CC(C)C(NC(=O)c1ccco1)c1nc(C2(N)CCCC2)no1. The second-order valence-electron chi connectivity index (χ2n) is 6.49. The molecule has 1 unspecified atom stereocenters. The molecule has 2 heterocycles. The van der Waals surface area contributed by atoms with Crippen LogP contribution in [-0.2, 0) is 5.54 Å². The van der Waals surface area contributed by atoms with Gasteiger partial charge in [-0.05, 0) is 30.9 Å². The fourth-order valence-corrected chi connectivity index (χ4v) is 2.93. The number of aromatic nitrogens is 2. The number of rotatable bonds is 5. The van der Waals surface area contributed by atoms with Crippen LogP contribution in [0.1, 0.15) is 67.8 Å². The fraction of sp³-hybridized carbons (Fsp3) is 0.562. The summed E-state index contributed by atoms with van der Waals surface area (Å²) in [6.07, 6.45) is 5.32. The van der Waals surface area contributed by atoms with E-state index >= 15 is 0 Å². The molecule has 1 fully saturated rings. The molecule has 7 heteroatoms. The van der Waals surface area contributed by atoms with Crippen molar-refractivity contribution in [1.29, 1.82) is 0 Å². The average molecular weight is 318 g/mol. The summed E-state index contributed by atoms with van der Waals surface area (Å²) in [4.78, 5) is 16.7. The van der Waals surface area contributed by atoms with Crippen molar-refractivity contribution in [2.75, 3.05) is 0 Å². The number of nitrogens with one attached hydrogen (secondary N) is 1. The highest BCUT2D eigenvalue weighted by molar-refractivity contribution is 5.91. The number of carbonyl (C=O) groups is 1. The van der Waals surface area contributed by atoms with E-state index in [0.29, 0.717) is 11.7 Å². The predicted octanol–water partition coefficient (Wildman–Crippen LogP) is 2.52. The van der Waals surface area contributed by atoms with Gasteiger partial charge in [0.15, 0.2) is 11.6 Å². The Kier molecular flexibility index (Phi) is 4.21. The first-order valence-electron chi connectivity index (χ1n) is 7.97. The smallest absolute Gasteiger partial charge is 0.287 e. The molecule has 0 aromatic carbocycles. The number of hydrogen-bond donors (Lipinski definition) is 2. The zero-order valence-corrected chi connectivity index (χ0v) is 13.4. The molecule has 1 aliphatic carbocycles. The van der Waals surface area contributed by atoms with E-state index in [1.807, 2.05) is 13.8 Å². The van der Waals surface area contributed by atoms with E-state index in [-0.39, 0.29) is 23.6 Å². The first-order valence-corrected chi connectivity index (χ1v) is 7.97. The highest BCUT2D eigenvalue weighted by atomic mass is 16.5. The number of carbonyl (C=O) groups excluding carboxylic acids is 1. The molecule has 0 radical (unpaired) electrons. The summed E-state index contributed by atoms with van der Waals surface area (Å²) in [7, 11) is 0. The maximum absolute atomic E-state index is 12.2. The van der Waals surface area contributed by atoms with E-state index in [1.165, 1.54) is 6.26 Å². The maximum Gasteiger partial charge on any atom is 0.287 e. The Balaban J connectivity index is 1.79. The third-order valence-electron chi connectivity index (χ3n) is 4.35. The minimum Gasteiger partial charge on any atom is -0.459 e. The molecule has 3 N–H and O–H groups in total. The molecule has 0 aliphatic heterocycles. The summed E-state index contributed by atoms with van der Waals surface area (Å²) >= 11 is 0. The predicted molar refractivity (Wildman–Crippen MR) is 82.4 cm³/mol. The van der Waals surface area contributed by atoms with Crippen LogP contribution in [0.4, 0.5) is 0 Å². The van der Waals surface area contributed by atoms with Gasteiger partial charge in [0.2, 0.25) is 5.89 Å². The van der Waals surface area contributed by atoms with Crippen molar-refractivity contribution in [2.24, 2.45) is 11.7 Å². The van der Waals surface area contributed by atoms with Crippen LogP contribution in [-0.4, -0.2) is 16.0 Å². The number of nitrogens with zero attached hydrogens (tertiary/aromatic N) is 2. The van der Waals surface area contributed by atoms with E-state index in [0.717, 1.165) is 25.7 Å². The second-order valence-corrected chi connectivity index (χ2v) is 6.49. The molecule has 7 nitrogen and oxygen atoms in total. The largest absolute Gasteiger partial charge is 0.459 e. The van der Waals surface area contributed by atoms with Crippen LogP contribution in [0.15, 0.2) is 27.3 Å². The average Bonchev–Trinajstić information content (AvgIpc) is 3.25. The molecule has 0 spiro atoms. The van der Waals surface area contributed by atoms with Gasteiger partial charge < -0.3 is 20.0 Å². The van der Waals surface area contributed by atoms with Crippen LogP contribution in [0, 0.1) is 5.92 Å². The van der Waals surface area contributed by atoms with Gasteiger partial charge in [0.25, 0.3) is 5.91 Å². The van der Waals surface area contributed by atoms with Gasteiger partial charge in [0.1, 0.15) is 6.04 Å². The van der Waals surface area contributed by atoms with Crippen molar-refractivity contribution in [2.45, 2.75) is 51.1 Å². The quantitative estimate of drug-likeness (QED) is 0.877. The van der Waals surface area contributed by atoms with E-state index in [9.17, 15) is 4.79 Å². The van der Waals surface area contributed by atoms with Crippen LogP contribution in [0.2, 0.25) is 0 Å². The molecule has 124 valence electrons. The summed E-state index contributed by atoms with van der Waals surface area (Å²) in [5.41, 5.74) is 5.86. The van der Waals surface area contributed by atoms with Gasteiger partial charge in [-0.2, -0.15) is 4.98 Å². The Morgan fingerprint density at radius 2 is 2.13 bits per heavy atom. The Morgan fingerprint density at radius 1 is 1.39 bits per heavy atom. The van der Waals surface area contributed by atoms with Crippen LogP contribution in [0.5, 0.6) is 0 Å². The minimum atomic E-state index is -0.506. The van der Waals surface area contributed by atoms with Crippen molar-refractivity contribution in [3.63, 3.8) is 0 Å². The highest BCUT2D eigenvalue weighted by Crippen LogP contribution is 2.35.